The van der Waals surface area contributed by atoms with Crippen LogP contribution in [-0.2, 0) is 10.3 Å². The Morgan fingerprint density at radius 2 is 2.09 bits per heavy atom. The molecule has 2 unspecified atom stereocenters. The number of nitrogens with zero attached hydrogens (tertiary/aromatic N) is 2. The van der Waals surface area contributed by atoms with Crippen molar-refractivity contribution in [2.75, 3.05) is 0 Å². The van der Waals surface area contributed by atoms with Gasteiger partial charge in [0.2, 0.25) is 5.91 Å². The van der Waals surface area contributed by atoms with Crippen LogP contribution in [0.25, 0.3) is 0 Å². The molecule has 1 aromatic carbocycles. The smallest absolute Gasteiger partial charge is 0.231 e. The molecule has 0 saturated carbocycles. The van der Waals surface area contributed by atoms with Crippen molar-refractivity contribution in [1.29, 1.82) is 0 Å². The molecule has 7 heteroatoms. The second-order valence-corrected chi connectivity index (χ2v) is 6.18. The Morgan fingerprint density at radius 3 is 2.73 bits per heavy atom. The van der Waals surface area contributed by atoms with Crippen LogP contribution in [0.2, 0.25) is 0 Å². The topological polar surface area (TPSA) is 54.4 Å². The lowest BCUT2D eigenvalue weighted by Crippen LogP contribution is -2.49. The molecule has 0 spiro atoms. The number of aromatic nitrogens is 1. The first-order valence-corrected chi connectivity index (χ1v) is 7.56. The van der Waals surface area contributed by atoms with Gasteiger partial charge in [0.05, 0.1) is 11.5 Å². The lowest BCUT2D eigenvalue weighted by Gasteiger charge is -2.36. The molecule has 2 aromatic rings. The average Bonchev–Trinajstić information content (AvgIpc) is 3.01. The summed E-state index contributed by atoms with van der Waals surface area (Å²) >= 11 is 1.34. The Hall–Kier alpha value is -2.15. The first kappa shape index (κ1) is 14.8. The van der Waals surface area contributed by atoms with Crippen LogP contribution in [0.1, 0.15) is 24.4 Å². The van der Waals surface area contributed by atoms with E-state index in [2.05, 4.69) is 15.3 Å². The minimum Gasteiger partial charge on any atom is -0.308 e. The normalized spacial score (nSPS) is 24.8. The standard InChI is InChI=1S/C15H13F2N3OS/c1-8-13(21)19-12(14-18-5-6-22-14)20-15(8,2)9-3-4-10(16)11(17)7-9/h3-8H,1-2H3,(H,19,20,21). The zero-order chi connectivity index (χ0) is 15.9. The number of hydrogen-bond acceptors (Lipinski definition) is 4. The van der Waals surface area contributed by atoms with Crippen molar-refractivity contribution in [3.8, 4) is 0 Å². The summed E-state index contributed by atoms with van der Waals surface area (Å²) in [7, 11) is 0. The van der Waals surface area contributed by atoms with Gasteiger partial charge in [0.1, 0.15) is 0 Å². The third-order valence-corrected chi connectivity index (χ3v) is 4.74. The predicted molar refractivity (Wildman–Crippen MR) is 79.7 cm³/mol. The van der Waals surface area contributed by atoms with Crippen LogP contribution in [0.15, 0.2) is 34.8 Å². The van der Waals surface area contributed by atoms with Gasteiger partial charge in [-0.3, -0.25) is 9.79 Å². The summed E-state index contributed by atoms with van der Waals surface area (Å²) < 4.78 is 26.7. The summed E-state index contributed by atoms with van der Waals surface area (Å²) in [4.78, 5) is 21.0. The number of carbonyl (C=O) groups is 1. The number of carbonyl (C=O) groups excluding carboxylic acids is 1. The van der Waals surface area contributed by atoms with Crippen molar-refractivity contribution in [2.24, 2.45) is 10.9 Å². The maximum Gasteiger partial charge on any atom is 0.231 e. The van der Waals surface area contributed by atoms with Gasteiger partial charge in [0.15, 0.2) is 22.5 Å². The number of thiazole rings is 1. The zero-order valence-electron chi connectivity index (χ0n) is 11.9. The number of benzene rings is 1. The Morgan fingerprint density at radius 1 is 1.32 bits per heavy atom. The van der Waals surface area contributed by atoms with Gasteiger partial charge in [-0.05, 0) is 24.6 Å². The van der Waals surface area contributed by atoms with E-state index in [-0.39, 0.29) is 5.91 Å². The molecular weight excluding hydrogens is 308 g/mol. The number of aliphatic imine (C=N–C) groups is 1. The van der Waals surface area contributed by atoms with E-state index in [1.54, 1.807) is 25.4 Å². The molecule has 3 rings (SSSR count). The predicted octanol–water partition coefficient (Wildman–Crippen LogP) is 2.85. The molecule has 2 atom stereocenters. The van der Waals surface area contributed by atoms with Crippen molar-refractivity contribution >= 4 is 23.1 Å². The number of halogens is 2. The first-order chi connectivity index (χ1) is 10.4. The van der Waals surface area contributed by atoms with Gasteiger partial charge in [0.25, 0.3) is 0 Å². The van der Waals surface area contributed by atoms with E-state index in [0.717, 1.165) is 12.1 Å². The van der Waals surface area contributed by atoms with Crippen LogP contribution in [0, 0.1) is 17.6 Å². The molecule has 0 fully saturated rings. The molecule has 22 heavy (non-hydrogen) atoms. The fraction of sp³-hybridized carbons (Fsp3) is 0.267. The molecule has 1 aliphatic heterocycles. The summed E-state index contributed by atoms with van der Waals surface area (Å²) in [6, 6.07) is 3.59. The zero-order valence-corrected chi connectivity index (χ0v) is 12.7. The molecule has 0 aliphatic carbocycles. The molecule has 1 N–H and O–H groups in total. The van der Waals surface area contributed by atoms with Crippen LogP contribution < -0.4 is 5.32 Å². The molecule has 0 saturated heterocycles. The van der Waals surface area contributed by atoms with Crippen LogP contribution in [0.5, 0.6) is 0 Å². The SMILES string of the molecule is CC1C(=O)NC(c2nccs2)=NC1(C)c1ccc(F)c(F)c1. The molecule has 0 radical (unpaired) electrons. The van der Waals surface area contributed by atoms with E-state index >= 15 is 0 Å². The summed E-state index contributed by atoms with van der Waals surface area (Å²) in [5.41, 5.74) is -0.541. The molecule has 1 aromatic heterocycles. The number of nitrogens with one attached hydrogen (secondary N) is 1. The number of hydrogen-bond donors (Lipinski definition) is 1. The first-order valence-electron chi connectivity index (χ1n) is 6.68. The summed E-state index contributed by atoms with van der Waals surface area (Å²) in [6.07, 6.45) is 1.61. The van der Waals surface area contributed by atoms with Crippen LogP contribution >= 0.6 is 11.3 Å². The third kappa shape index (κ3) is 2.31. The summed E-state index contributed by atoms with van der Waals surface area (Å²) in [5, 5.41) is 5.06. The lowest BCUT2D eigenvalue weighted by molar-refractivity contribution is -0.125. The van der Waals surface area contributed by atoms with Crippen LogP contribution in [0.4, 0.5) is 8.78 Å². The molecule has 1 aliphatic rings. The third-order valence-electron chi connectivity index (χ3n) is 3.96. The number of amidine groups is 1. The number of rotatable bonds is 2. The largest absolute Gasteiger partial charge is 0.308 e. The molecule has 0 bridgehead atoms. The van der Waals surface area contributed by atoms with E-state index in [1.165, 1.54) is 17.4 Å². The molecule has 2 heterocycles. The molecule has 4 nitrogen and oxygen atoms in total. The van der Waals surface area contributed by atoms with E-state index in [4.69, 9.17) is 0 Å². The highest BCUT2D eigenvalue weighted by Gasteiger charge is 2.42. The van der Waals surface area contributed by atoms with Crippen molar-refractivity contribution in [2.45, 2.75) is 19.4 Å². The quantitative estimate of drug-likeness (QED) is 0.925. The van der Waals surface area contributed by atoms with Crippen LogP contribution in [0.3, 0.4) is 0 Å². The number of amides is 1. The van der Waals surface area contributed by atoms with Crippen molar-refractivity contribution < 1.29 is 13.6 Å². The Balaban J connectivity index is 2.14. The van der Waals surface area contributed by atoms with Gasteiger partial charge in [-0.15, -0.1) is 11.3 Å². The Bertz CT molecular complexity index is 760. The second-order valence-electron chi connectivity index (χ2n) is 5.29. The second kappa shape index (κ2) is 5.24. The maximum atomic E-state index is 13.6. The monoisotopic (exact) mass is 321 g/mol. The van der Waals surface area contributed by atoms with Crippen molar-refractivity contribution in [3.63, 3.8) is 0 Å². The van der Waals surface area contributed by atoms with Gasteiger partial charge >= 0.3 is 0 Å². The summed E-state index contributed by atoms with van der Waals surface area (Å²) in [5.74, 6) is -2.29. The fourth-order valence-electron chi connectivity index (χ4n) is 2.40. The fourth-order valence-corrected chi connectivity index (χ4v) is 2.99. The van der Waals surface area contributed by atoms with Gasteiger partial charge in [-0.2, -0.15) is 0 Å². The highest BCUT2D eigenvalue weighted by atomic mass is 32.1. The minimum absolute atomic E-state index is 0.229. The highest BCUT2D eigenvalue weighted by molar-refractivity contribution is 7.11. The van der Waals surface area contributed by atoms with Crippen molar-refractivity contribution in [1.82, 2.24) is 10.3 Å². The van der Waals surface area contributed by atoms with Gasteiger partial charge < -0.3 is 5.32 Å². The minimum atomic E-state index is -0.988. The maximum absolute atomic E-state index is 13.6. The van der Waals surface area contributed by atoms with E-state index in [0.29, 0.717) is 16.4 Å². The van der Waals surface area contributed by atoms with Crippen molar-refractivity contribution in [3.05, 3.63) is 52.0 Å². The van der Waals surface area contributed by atoms with Gasteiger partial charge in [0, 0.05) is 11.6 Å². The van der Waals surface area contributed by atoms with E-state index in [9.17, 15) is 13.6 Å². The van der Waals surface area contributed by atoms with E-state index < -0.39 is 23.1 Å². The molecular formula is C15H13F2N3OS. The van der Waals surface area contributed by atoms with Gasteiger partial charge in [-0.25, -0.2) is 13.8 Å². The van der Waals surface area contributed by atoms with E-state index in [1.807, 2.05) is 0 Å². The molecule has 1 amide bonds. The molecule has 114 valence electrons. The lowest BCUT2D eigenvalue weighted by atomic mass is 9.79. The Labute approximate surface area is 129 Å². The summed E-state index contributed by atoms with van der Waals surface area (Å²) in [6.45, 7) is 3.44. The average molecular weight is 321 g/mol. The highest BCUT2D eigenvalue weighted by Crippen LogP contribution is 2.37. The van der Waals surface area contributed by atoms with Crippen LogP contribution in [-0.4, -0.2) is 16.7 Å². The Kier molecular flexibility index (Phi) is 3.52. The van der Waals surface area contributed by atoms with Gasteiger partial charge in [-0.1, -0.05) is 13.0 Å².